The molecule has 0 aromatic rings. The lowest BCUT2D eigenvalue weighted by Crippen LogP contribution is -2.19. The molecule has 0 bridgehead atoms. The SMILES string of the molecule is C=C[Si](I)(CC)CC. The standard InChI is InChI=1S/C6H13ISi/c1-4-8(7,5-2)6-3/h4H,1,5-6H2,2-3H3. The Morgan fingerprint density at radius 1 is 1.50 bits per heavy atom. The van der Waals surface area contributed by atoms with Crippen molar-refractivity contribution in [3.05, 3.63) is 12.3 Å². The lowest BCUT2D eigenvalue weighted by atomic mass is 10.9. The van der Waals surface area contributed by atoms with Gasteiger partial charge < -0.3 is 0 Å². The van der Waals surface area contributed by atoms with Crippen LogP contribution in [0.2, 0.25) is 12.1 Å². The van der Waals surface area contributed by atoms with Crippen LogP contribution in [0.15, 0.2) is 12.3 Å². The van der Waals surface area contributed by atoms with Crippen molar-refractivity contribution in [2.24, 2.45) is 0 Å². The monoisotopic (exact) mass is 240 g/mol. The van der Waals surface area contributed by atoms with Crippen molar-refractivity contribution in [2.45, 2.75) is 25.9 Å². The first kappa shape index (κ1) is 8.69. The number of hydrogen-bond acceptors (Lipinski definition) is 0. The van der Waals surface area contributed by atoms with E-state index in [0.29, 0.717) is 0 Å². The molecule has 0 N–H and O–H groups in total. The van der Waals surface area contributed by atoms with Gasteiger partial charge in [-0.3, -0.25) is 0 Å². The lowest BCUT2D eigenvalue weighted by molar-refractivity contribution is 1.32. The first-order valence-electron chi connectivity index (χ1n) is 3.01. The van der Waals surface area contributed by atoms with E-state index in [2.05, 4.69) is 47.9 Å². The van der Waals surface area contributed by atoms with Crippen molar-refractivity contribution in [1.29, 1.82) is 0 Å². The fourth-order valence-corrected chi connectivity index (χ4v) is 1.62. The summed E-state index contributed by atoms with van der Waals surface area (Å²) in [7, 11) is 0. The maximum atomic E-state index is 3.83. The van der Waals surface area contributed by atoms with Crippen molar-refractivity contribution >= 4 is 27.4 Å². The quantitative estimate of drug-likeness (QED) is 0.404. The third-order valence-electron chi connectivity index (χ3n) is 1.54. The molecule has 0 amide bonds. The van der Waals surface area contributed by atoms with Crippen LogP contribution in [0.5, 0.6) is 0 Å². The maximum Gasteiger partial charge on any atom is 0.147 e. The van der Waals surface area contributed by atoms with Gasteiger partial charge in [0.1, 0.15) is 5.57 Å². The van der Waals surface area contributed by atoms with E-state index in [1.807, 2.05) is 0 Å². The Kier molecular flexibility index (Phi) is 3.98. The zero-order chi connectivity index (χ0) is 6.62. The molecule has 0 rings (SSSR count). The zero-order valence-corrected chi connectivity index (χ0v) is 8.73. The van der Waals surface area contributed by atoms with Crippen molar-refractivity contribution in [3.63, 3.8) is 0 Å². The number of hydrogen-bond donors (Lipinski definition) is 0. The Balaban J connectivity index is 3.76. The molecular formula is C6H13ISi. The summed E-state index contributed by atoms with van der Waals surface area (Å²) < 4.78 is 0. The molecule has 0 saturated heterocycles. The topological polar surface area (TPSA) is 0 Å². The first-order chi connectivity index (χ1) is 3.68. The lowest BCUT2D eigenvalue weighted by Gasteiger charge is -2.14. The van der Waals surface area contributed by atoms with Gasteiger partial charge in [0.25, 0.3) is 0 Å². The van der Waals surface area contributed by atoms with Crippen LogP contribution in [0.3, 0.4) is 0 Å². The minimum Gasteiger partial charge on any atom is -0.113 e. The van der Waals surface area contributed by atoms with Crippen molar-refractivity contribution < 1.29 is 0 Å². The molecule has 0 aromatic heterocycles. The van der Waals surface area contributed by atoms with E-state index in [9.17, 15) is 0 Å². The molecule has 0 aromatic carbocycles. The summed E-state index contributed by atoms with van der Waals surface area (Å²) in [5.74, 6) is 0. The highest BCUT2D eigenvalue weighted by atomic mass is 127. The second kappa shape index (κ2) is 3.66. The summed E-state index contributed by atoms with van der Waals surface area (Å²) in [6.07, 6.45) is 0. The largest absolute Gasteiger partial charge is 0.147 e. The highest BCUT2D eigenvalue weighted by Crippen LogP contribution is 2.23. The molecule has 0 aliphatic heterocycles. The highest BCUT2D eigenvalue weighted by Gasteiger charge is 2.19. The van der Waals surface area contributed by atoms with Crippen LogP contribution < -0.4 is 0 Å². The van der Waals surface area contributed by atoms with E-state index in [4.69, 9.17) is 0 Å². The Morgan fingerprint density at radius 3 is 1.88 bits per heavy atom. The third kappa shape index (κ3) is 2.30. The summed E-state index contributed by atoms with van der Waals surface area (Å²) in [5.41, 5.74) is 1.24. The Labute approximate surface area is 65.6 Å². The summed E-state index contributed by atoms with van der Waals surface area (Å²) in [4.78, 5) is 0. The molecule has 0 saturated carbocycles. The van der Waals surface area contributed by atoms with Crippen LogP contribution in [0, 0.1) is 0 Å². The molecule has 8 heavy (non-hydrogen) atoms. The normalized spacial score (nSPS) is 11.4. The van der Waals surface area contributed by atoms with E-state index in [-0.39, 0.29) is 0 Å². The smallest absolute Gasteiger partial charge is 0.113 e. The fourth-order valence-electron chi connectivity index (χ4n) is 0.539. The van der Waals surface area contributed by atoms with E-state index in [1.54, 1.807) is 0 Å². The molecule has 0 fully saturated rings. The van der Waals surface area contributed by atoms with Gasteiger partial charge in [-0.25, -0.2) is 0 Å². The highest BCUT2D eigenvalue weighted by molar-refractivity contribution is 14.1. The summed E-state index contributed by atoms with van der Waals surface area (Å²) in [5, 5.41) is 0. The minimum absolute atomic E-state index is 0.937. The van der Waals surface area contributed by atoms with E-state index >= 15 is 0 Å². The molecule has 0 spiro atoms. The third-order valence-corrected chi connectivity index (χ3v) is 10.5. The predicted molar refractivity (Wildman–Crippen MR) is 50.9 cm³/mol. The summed E-state index contributed by atoms with van der Waals surface area (Å²) in [6, 6.07) is 2.65. The molecule has 0 heterocycles. The number of rotatable bonds is 3. The van der Waals surface area contributed by atoms with Gasteiger partial charge in [0.15, 0.2) is 0 Å². The molecule has 0 aliphatic carbocycles. The van der Waals surface area contributed by atoms with Gasteiger partial charge in [-0.05, 0) is 12.1 Å². The van der Waals surface area contributed by atoms with Crippen LogP contribution in [0.1, 0.15) is 13.8 Å². The molecule has 0 radical (unpaired) electrons. The van der Waals surface area contributed by atoms with E-state index in [1.165, 1.54) is 12.1 Å². The Morgan fingerprint density at radius 2 is 1.88 bits per heavy atom. The maximum absolute atomic E-state index is 3.83. The van der Waals surface area contributed by atoms with Gasteiger partial charge in [-0.1, -0.05) is 19.5 Å². The van der Waals surface area contributed by atoms with Gasteiger partial charge in [0.2, 0.25) is 0 Å². The molecule has 0 atom stereocenters. The van der Waals surface area contributed by atoms with E-state index < -0.39 is 5.57 Å². The fraction of sp³-hybridized carbons (Fsp3) is 0.667. The average molecular weight is 240 g/mol. The molecule has 48 valence electrons. The van der Waals surface area contributed by atoms with Gasteiger partial charge in [0, 0.05) is 0 Å². The van der Waals surface area contributed by atoms with Gasteiger partial charge in [-0.15, -0.1) is 28.4 Å². The van der Waals surface area contributed by atoms with Crippen molar-refractivity contribution in [1.82, 2.24) is 0 Å². The zero-order valence-electron chi connectivity index (χ0n) is 5.58. The van der Waals surface area contributed by atoms with Gasteiger partial charge in [0.05, 0.1) is 0 Å². The first-order valence-corrected chi connectivity index (χ1v) is 8.61. The van der Waals surface area contributed by atoms with E-state index in [0.717, 1.165) is 0 Å². The van der Waals surface area contributed by atoms with Crippen LogP contribution >= 0.6 is 21.8 Å². The van der Waals surface area contributed by atoms with Crippen LogP contribution in [0.25, 0.3) is 0 Å². The Hall–Kier alpha value is 0.687. The van der Waals surface area contributed by atoms with Gasteiger partial charge >= 0.3 is 0 Å². The number of halogens is 1. The minimum atomic E-state index is -0.937. The van der Waals surface area contributed by atoms with Crippen LogP contribution in [-0.4, -0.2) is 5.57 Å². The van der Waals surface area contributed by atoms with Crippen LogP contribution in [0.4, 0.5) is 0 Å². The average Bonchev–Trinajstić information content (AvgIpc) is 1.87. The molecule has 2 heteroatoms. The Bertz CT molecular complexity index is 76.6. The second-order valence-electron chi connectivity index (χ2n) is 1.95. The van der Waals surface area contributed by atoms with Crippen molar-refractivity contribution in [2.75, 3.05) is 0 Å². The molecular weight excluding hydrogens is 227 g/mol. The summed E-state index contributed by atoms with van der Waals surface area (Å²) in [6.45, 7) is 8.34. The van der Waals surface area contributed by atoms with Crippen molar-refractivity contribution in [3.8, 4) is 0 Å². The molecule has 0 unspecified atom stereocenters. The molecule has 0 aliphatic rings. The summed E-state index contributed by atoms with van der Waals surface area (Å²) >= 11 is 2.59. The van der Waals surface area contributed by atoms with Gasteiger partial charge in [-0.2, -0.15) is 0 Å². The predicted octanol–water partition coefficient (Wildman–Crippen LogP) is 3.13. The molecule has 0 nitrogen and oxygen atoms in total. The second-order valence-corrected chi connectivity index (χ2v) is 12.3. The van der Waals surface area contributed by atoms with Crippen LogP contribution in [-0.2, 0) is 0 Å².